The fourth-order valence-corrected chi connectivity index (χ4v) is 3.10. The zero-order valence-corrected chi connectivity index (χ0v) is 15.6. The van der Waals surface area contributed by atoms with E-state index in [2.05, 4.69) is 15.2 Å². The van der Waals surface area contributed by atoms with Crippen molar-refractivity contribution in [1.82, 2.24) is 15.2 Å². The van der Waals surface area contributed by atoms with Crippen molar-refractivity contribution in [3.05, 3.63) is 83.3 Å². The van der Waals surface area contributed by atoms with Crippen LogP contribution in [0.1, 0.15) is 11.1 Å². The van der Waals surface area contributed by atoms with E-state index in [1.54, 1.807) is 12.3 Å². The first-order valence-corrected chi connectivity index (χ1v) is 8.95. The Kier molecular flexibility index (Phi) is 5.07. The highest BCUT2D eigenvalue weighted by molar-refractivity contribution is 6.34. The van der Waals surface area contributed by atoms with Crippen molar-refractivity contribution in [2.75, 3.05) is 0 Å². The molecule has 2 heterocycles. The smallest absolute Gasteiger partial charge is 0.416 e. The minimum absolute atomic E-state index is 0.0541. The van der Waals surface area contributed by atoms with Crippen LogP contribution in [0.2, 0.25) is 5.15 Å². The van der Waals surface area contributed by atoms with Gasteiger partial charge in [-0.25, -0.2) is 0 Å². The molecule has 146 valence electrons. The Balaban J connectivity index is 1.84. The molecule has 0 unspecified atom stereocenters. The minimum Gasteiger partial charge on any atom is -0.488 e. The topological polar surface area (TPSA) is 47.9 Å². The SMILES string of the molecule is FC(F)(F)c1ccc(-c2nnc(Cl)c3cnccc23)c(OCc2ccccc2)c1. The third kappa shape index (κ3) is 4.00. The summed E-state index contributed by atoms with van der Waals surface area (Å²) in [6.07, 6.45) is -1.41. The summed E-state index contributed by atoms with van der Waals surface area (Å²) in [4.78, 5) is 4.02. The number of benzene rings is 2. The Morgan fingerprint density at radius 1 is 0.931 bits per heavy atom. The lowest BCUT2D eigenvalue weighted by atomic mass is 10.0. The molecule has 0 aliphatic carbocycles. The van der Waals surface area contributed by atoms with Gasteiger partial charge in [0.05, 0.1) is 5.56 Å². The summed E-state index contributed by atoms with van der Waals surface area (Å²) in [6.45, 7) is 0.107. The molecule has 2 aromatic carbocycles. The number of nitrogens with zero attached hydrogens (tertiary/aromatic N) is 3. The van der Waals surface area contributed by atoms with Crippen molar-refractivity contribution < 1.29 is 17.9 Å². The van der Waals surface area contributed by atoms with Crippen LogP contribution in [0.3, 0.4) is 0 Å². The normalized spacial score (nSPS) is 11.6. The second-order valence-corrected chi connectivity index (χ2v) is 6.60. The van der Waals surface area contributed by atoms with Gasteiger partial charge in [-0.05, 0) is 29.8 Å². The molecule has 0 N–H and O–H groups in total. The lowest BCUT2D eigenvalue weighted by molar-refractivity contribution is -0.137. The molecule has 0 atom stereocenters. The molecule has 4 aromatic rings. The highest BCUT2D eigenvalue weighted by Gasteiger charge is 2.31. The summed E-state index contributed by atoms with van der Waals surface area (Å²) < 4.78 is 45.6. The van der Waals surface area contributed by atoms with Gasteiger partial charge >= 0.3 is 6.18 Å². The van der Waals surface area contributed by atoms with Gasteiger partial charge in [-0.1, -0.05) is 41.9 Å². The molecular formula is C21H13ClF3N3O. The van der Waals surface area contributed by atoms with Crippen LogP contribution in [-0.2, 0) is 12.8 Å². The number of aromatic nitrogens is 3. The van der Waals surface area contributed by atoms with Crippen LogP contribution in [0.4, 0.5) is 13.2 Å². The van der Waals surface area contributed by atoms with Crippen molar-refractivity contribution in [3.63, 3.8) is 0 Å². The van der Waals surface area contributed by atoms with E-state index in [9.17, 15) is 13.2 Å². The maximum Gasteiger partial charge on any atom is 0.416 e. The number of rotatable bonds is 4. The van der Waals surface area contributed by atoms with E-state index in [1.165, 1.54) is 12.3 Å². The van der Waals surface area contributed by atoms with Crippen molar-refractivity contribution in [3.8, 4) is 17.0 Å². The lowest BCUT2D eigenvalue weighted by Gasteiger charge is -2.15. The molecule has 0 bridgehead atoms. The highest BCUT2D eigenvalue weighted by atomic mass is 35.5. The molecular weight excluding hydrogens is 403 g/mol. The molecule has 0 aliphatic rings. The first kappa shape index (κ1) is 19.1. The number of halogens is 4. The average Bonchev–Trinajstić information content (AvgIpc) is 2.73. The molecule has 0 amide bonds. The first-order valence-electron chi connectivity index (χ1n) is 8.58. The molecule has 0 radical (unpaired) electrons. The molecule has 8 heteroatoms. The molecule has 0 saturated carbocycles. The Morgan fingerprint density at radius 3 is 2.48 bits per heavy atom. The Bertz CT molecular complexity index is 1170. The zero-order valence-electron chi connectivity index (χ0n) is 14.8. The average molecular weight is 416 g/mol. The lowest BCUT2D eigenvalue weighted by Crippen LogP contribution is -2.06. The first-order chi connectivity index (χ1) is 13.9. The van der Waals surface area contributed by atoms with Gasteiger partial charge in [0, 0.05) is 28.7 Å². The highest BCUT2D eigenvalue weighted by Crippen LogP contribution is 2.39. The molecule has 0 aliphatic heterocycles. The fourth-order valence-electron chi connectivity index (χ4n) is 2.91. The molecule has 29 heavy (non-hydrogen) atoms. The van der Waals surface area contributed by atoms with E-state index in [0.29, 0.717) is 22.0 Å². The Labute approximate surface area is 168 Å². The number of pyridine rings is 1. The summed E-state index contributed by atoms with van der Waals surface area (Å²) in [5.41, 5.74) is 0.766. The number of hydrogen-bond donors (Lipinski definition) is 0. The molecule has 4 nitrogen and oxygen atoms in total. The molecule has 2 aromatic heterocycles. The van der Waals surface area contributed by atoms with E-state index in [0.717, 1.165) is 17.7 Å². The van der Waals surface area contributed by atoms with E-state index in [1.807, 2.05) is 30.3 Å². The predicted molar refractivity (Wildman–Crippen MR) is 104 cm³/mol. The molecule has 4 rings (SSSR count). The van der Waals surface area contributed by atoms with Crippen LogP contribution in [0.15, 0.2) is 67.0 Å². The number of fused-ring (bicyclic) bond motifs is 1. The van der Waals surface area contributed by atoms with Gasteiger partial charge in [0.2, 0.25) is 0 Å². The van der Waals surface area contributed by atoms with Crippen molar-refractivity contribution in [1.29, 1.82) is 0 Å². The van der Waals surface area contributed by atoms with Gasteiger partial charge < -0.3 is 4.74 Å². The molecule has 0 fully saturated rings. The summed E-state index contributed by atoms with van der Waals surface area (Å²) in [5, 5.41) is 9.35. The second kappa shape index (κ2) is 7.67. The third-order valence-electron chi connectivity index (χ3n) is 4.34. The molecule has 0 spiro atoms. The van der Waals surface area contributed by atoms with Gasteiger partial charge in [-0.15, -0.1) is 10.2 Å². The number of ether oxygens (including phenoxy) is 1. The summed E-state index contributed by atoms with van der Waals surface area (Å²) >= 11 is 6.09. The van der Waals surface area contributed by atoms with Crippen LogP contribution in [0.25, 0.3) is 22.0 Å². The van der Waals surface area contributed by atoms with Gasteiger partial charge in [0.1, 0.15) is 18.1 Å². The quantitative estimate of drug-likeness (QED) is 0.413. The summed E-state index contributed by atoms with van der Waals surface area (Å²) in [7, 11) is 0. The monoisotopic (exact) mass is 415 g/mol. The van der Waals surface area contributed by atoms with E-state index < -0.39 is 11.7 Å². The van der Waals surface area contributed by atoms with Crippen LogP contribution in [0.5, 0.6) is 5.75 Å². The maximum absolute atomic E-state index is 13.3. The van der Waals surface area contributed by atoms with Crippen molar-refractivity contribution in [2.45, 2.75) is 12.8 Å². The van der Waals surface area contributed by atoms with Gasteiger partial charge in [-0.3, -0.25) is 4.98 Å². The predicted octanol–water partition coefficient (Wildman–Crippen LogP) is 5.94. The van der Waals surface area contributed by atoms with Crippen LogP contribution in [0, 0.1) is 0 Å². The van der Waals surface area contributed by atoms with E-state index in [4.69, 9.17) is 16.3 Å². The van der Waals surface area contributed by atoms with Crippen molar-refractivity contribution >= 4 is 22.4 Å². The second-order valence-electron chi connectivity index (χ2n) is 6.24. The van der Waals surface area contributed by atoms with Crippen LogP contribution < -0.4 is 4.74 Å². The fraction of sp³-hybridized carbons (Fsp3) is 0.0952. The van der Waals surface area contributed by atoms with Gasteiger partial charge in [0.15, 0.2) is 5.15 Å². The van der Waals surface area contributed by atoms with Crippen LogP contribution in [-0.4, -0.2) is 15.2 Å². The summed E-state index contributed by atoms with van der Waals surface area (Å²) in [5.74, 6) is 0.0541. The Hall–Kier alpha value is -3.19. The standard InChI is InChI=1S/C21H13ClF3N3O/c22-20-17-11-26-9-8-15(17)19(27-28-20)16-7-6-14(21(23,24)25)10-18(16)29-12-13-4-2-1-3-5-13/h1-11H,12H2. The van der Waals surface area contributed by atoms with Gasteiger partial charge in [-0.2, -0.15) is 13.2 Å². The zero-order chi connectivity index (χ0) is 20.4. The maximum atomic E-state index is 13.3. The van der Waals surface area contributed by atoms with E-state index >= 15 is 0 Å². The number of alkyl halides is 3. The largest absolute Gasteiger partial charge is 0.488 e. The third-order valence-corrected chi connectivity index (χ3v) is 4.62. The Morgan fingerprint density at radius 2 is 1.72 bits per heavy atom. The van der Waals surface area contributed by atoms with Crippen LogP contribution >= 0.6 is 11.6 Å². The number of hydrogen-bond acceptors (Lipinski definition) is 4. The van der Waals surface area contributed by atoms with Gasteiger partial charge in [0.25, 0.3) is 0 Å². The van der Waals surface area contributed by atoms with E-state index in [-0.39, 0.29) is 17.5 Å². The minimum atomic E-state index is -4.50. The van der Waals surface area contributed by atoms with Crippen molar-refractivity contribution in [2.24, 2.45) is 0 Å². The summed E-state index contributed by atoms with van der Waals surface area (Å²) in [6, 6.07) is 14.2. The molecule has 0 saturated heterocycles.